The van der Waals surface area contributed by atoms with Crippen molar-refractivity contribution in [3.05, 3.63) is 71.8 Å². The zero-order valence-corrected chi connectivity index (χ0v) is 20.6. The summed E-state index contributed by atoms with van der Waals surface area (Å²) in [5, 5.41) is 0. The molecular weight excluding hydrogens is 398 g/mol. The van der Waals surface area contributed by atoms with Gasteiger partial charge >= 0.3 is 0 Å². The van der Waals surface area contributed by atoms with Crippen LogP contribution in [0.2, 0.25) is 0 Å². The van der Waals surface area contributed by atoms with Gasteiger partial charge < -0.3 is 0 Å². The molecule has 2 atom stereocenters. The number of rotatable bonds is 16. The summed E-state index contributed by atoms with van der Waals surface area (Å²) in [5.74, 6) is -0.187. The van der Waals surface area contributed by atoms with Gasteiger partial charge in [0.05, 0.1) is 6.67 Å². The highest BCUT2D eigenvalue weighted by Crippen LogP contribution is 2.56. The number of hydrogen-bond acceptors (Lipinski definition) is 0. The number of hydrogen-bond donors (Lipinski definition) is 0. The molecule has 0 aliphatic carbocycles. The van der Waals surface area contributed by atoms with Crippen LogP contribution in [0.3, 0.4) is 0 Å². The molecule has 2 unspecified atom stereocenters. The van der Waals surface area contributed by atoms with E-state index < -0.39 is 11.1 Å². The molecule has 2 aromatic carbocycles. The van der Waals surface area contributed by atoms with E-state index in [2.05, 4.69) is 32.9 Å². The van der Waals surface area contributed by atoms with Crippen LogP contribution in [0.5, 0.6) is 0 Å². The van der Waals surface area contributed by atoms with Gasteiger partial charge in [-0.15, -0.1) is 0 Å². The Balaban J connectivity index is 2.32. The molecule has 0 aliphatic rings. The van der Waals surface area contributed by atoms with E-state index in [0.29, 0.717) is 6.42 Å². The van der Waals surface area contributed by atoms with Gasteiger partial charge in [0.2, 0.25) is 0 Å². The highest BCUT2D eigenvalue weighted by Gasteiger charge is 2.52. The largest absolute Gasteiger partial charge is 0.251 e. The van der Waals surface area contributed by atoms with Gasteiger partial charge in [-0.3, -0.25) is 4.39 Å². The highest BCUT2D eigenvalue weighted by molar-refractivity contribution is 5.34. The highest BCUT2D eigenvalue weighted by atomic mass is 19.1. The Morgan fingerprint density at radius 3 is 1.88 bits per heavy atom. The monoisotopic (exact) mass is 442 g/mol. The molecule has 2 heteroatoms. The maximum atomic E-state index is 17.7. The van der Waals surface area contributed by atoms with Gasteiger partial charge in [-0.05, 0) is 30.4 Å². The number of halogens is 2. The van der Waals surface area contributed by atoms with Crippen molar-refractivity contribution in [3.8, 4) is 0 Å². The molecule has 2 rings (SSSR count). The summed E-state index contributed by atoms with van der Waals surface area (Å²) in [7, 11) is 0. The van der Waals surface area contributed by atoms with Crippen molar-refractivity contribution in [1.29, 1.82) is 0 Å². The van der Waals surface area contributed by atoms with Crippen molar-refractivity contribution in [1.82, 2.24) is 0 Å². The number of benzene rings is 2. The lowest BCUT2D eigenvalue weighted by Crippen LogP contribution is -2.43. The van der Waals surface area contributed by atoms with Crippen molar-refractivity contribution in [2.24, 2.45) is 5.41 Å². The van der Waals surface area contributed by atoms with Crippen LogP contribution in [-0.4, -0.2) is 6.67 Å². The lowest BCUT2D eigenvalue weighted by atomic mass is 9.61. The van der Waals surface area contributed by atoms with Crippen molar-refractivity contribution < 1.29 is 8.78 Å². The summed E-state index contributed by atoms with van der Waals surface area (Å²) in [6.07, 6.45) is 10.9. The Hall–Kier alpha value is -1.70. The maximum Gasteiger partial charge on any atom is 0.147 e. The van der Waals surface area contributed by atoms with Gasteiger partial charge in [0, 0.05) is 11.3 Å². The number of alkyl halides is 2. The Kier molecular flexibility index (Phi) is 11.4. The molecule has 0 heterocycles. The first-order valence-corrected chi connectivity index (χ1v) is 12.8. The third-order valence-corrected chi connectivity index (χ3v) is 7.14. The standard InChI is InChI=1S/C30H44F2/c1-4-5-17-24-29(2,3)30(32,27-21-14-11-15-22-27)28(26-19-12-10-13-20-26)23-16-8-6-7-9-18-25-31/h10-15,19-22,28H,4-9,16-18,23-25H2,1-3H3. The minimum atomic E-state index is -1.45. The molecule has 0 saturated carbocycles. The Bertz CT molecular complexity index is 725. The van der Waals surface area contributed by atoms with E-state index in [-0.39, 0.29) is 12.6 Å². The second kappa shape index (κ2) is 13.8. The van der Waals surface area contributed by atoms with Crippen LogP contribution in [0.4, 0.5) is 8.78 Å². The van der Waals surface area contributed by atoms with Crippen LogP contribution in [0.15, 0.2) is 60.7 Å². The summed E-state index contributed by atoms with van der Waals surface area (Å²) in [6.45, 7) is 6.24. The average Bonchev–Trinajstić information content (AvgIpc) is 2.81. The summed E-state index contributed by atoms with van der Waals surface area (Å²) >= 11 is 0. The molecule has 0 spiro atoms. The third kappa shape index (κ3) is 7.15. The van der Waals surface area contributed by atoms with Gasteiger partial charge in [-0.2, -0.15) is 0 Å². The molecule has 0 N–H and O–H groups in total. The molecule has 2 aromatic rings. The predicted octanol–water partition coefficient (Wildman–Crippen LogP) is 9.94. The molecule has 32 heavy (non-hydrogen) atoms. The van der Waals surface area contributed by atoms with Gasteiger partial charge in [0.25, 0.3) is 0 Å². The average molecular weight is 443 g/mol. The van der Waals surface area contributed by atoms with E-state index >= 15 is 4.39 Å². The van der Waals surface area contributed by atoms with E-state index in [4.69, 9.17) is 0 Å². The minimum absolute atomic E-state index is 0.187. The summed E-state index contributed by atoms with van der Waals surface area (Å²) in [6, 6.07) is 20.2. The molecule has 178 valence electrons. The third-order valence-electron chi connectivity index (χ3n) is 7.14. The van der Waals surface area contributed by atoms with Crippen molar-refractivity contribution in [2.75, 3.05) is 6.67 Å². The summed E-state index contributed by atoms with van der Waals surface area (Å²) in [5.41, 5.74) is -0.0268. The van der Waals surface area contributed by atoms with Gasteiger partial charge in [0.1, 0.15) is 5.67 Å². The van der Waals surface area contributed by atoms with E-state index in [1.165, 1.54) is 0 Å². The molecule has 0 amide bonds. The van der Waals surface area contributed by atoms with Crippen LogP contribution < -0.4 is 0 Å². The van der Waals surface area contributed by atoms with E-state index in [1.54, 1.807) is 0 Å². The van der Waals surface area contributed by atoms with Crippen LogP contribution in [-0.2, 0) is 5.67 Å². The lowest BCUT2D eigenvalue weighted by molar-refractivity contribution is -0.0267. The zero-order valence-electron chi connectivity index (χ0n) is 20.6. The van der Waals surface area contributed by atoms with Crippen LogP contribution >= 0.6 is 0 Å². The maximum absolute atomic E-state index is 17.7. The SMILES string of the molecule is CCCCCC(C)(C)C(F)(c1ccccc1)C(CCCCCCCCF)c1ccccc1. The quantitative estimate of drug-likeness (QED) is 0.227. The fourth-order valence-corrected chi connectivity index (χ4v) is 5.17. The second-order valence-corrected chi connectivity index (χ2v) is 9.98. The molecule has 0 radical (unpaired) electrons. The van der Waals surface area contributed by atoms with Crippen molar-refractivity contribution in [2.45, 2.75) is 103 Å². The Morgan fingerprint density at radius 2 is 1.28 bits per heavy atom. The van der Waals surface area contributed by atoms with E-state index in [9.17, 15) is 4.39 Å². The first-order chi connectivity index (χ1) is 15.5. The van der Waals surface area contributed by atoms with Gasteiger partial charge in [-0.25, -0.2) is 4.39 Å². The van der Waals surface area contributed by atoms with Crippen LogP contribution in [0, 0.1) is 5.41 Å². The van der Waals surface area contributed by atoms with Crippen LogP contribution in [0.1, 0.15) is 108 Å². The molecule has 0 fully saturated rings. The zero-order chi connectivity index (χ0) is 23.3. The van der Waals surface area contributed by atoms with E-state index in [1.807, 2.05) is 48.5 Å². The fraction of sp³-hybridized carbons (Fsp3) is 0.600. The summed E-state index contributed by atoms with van der Waals surface area (Å²) in [4.78, 5) is 0. The topological polar surface area (TPSA) is 0 Å². The van der Waals surface area contributed by atoms with Gasteiger partial charge in [0.15, 0.2) is 0 Å². The Morgan fingerprint density at radius 1 is 0.719 bits per heavy atom. The lowest BCUT2D eigenvalue weighted by Gasteiger charge is -2.47. The summed E-state index contributed by atoms with van der Waals surface area (Å²) < 4.78 is 30.0. The van der Waals surface area contributed by atoms with Crippen molar-refractivity contribution in [3.63, 3.8) is 0 Å². The molecular formula is C30H44F2. The second-order valence-electron chi connectivity index (χ2n) is 9.98. The molecule has 0 aromatic heterocycles. The van der Waals surface area contributed by atoms with Crippen molar-refractivity contribution >= 4 is 0 Å². The Labute approximate surface area is 195 Å². The number of unbranched alkanes of at least 4 members (excludes halogenated alkanes) is 7. The fourth-order valence-electron chi connectivity index (χ4n) is 5.17. The van der Waals surface area contributed by atoms with E-state index in [0.717, 1.165) is 75.3 Å². The molecule has 0 aliphatic heterocycles. The van der Waals surface area contributed by atoms with Gasteiger partial charge in [-0.1, -0.05) is 133 Å². The molecule has 0 nitrogen and oxygen atoms in total. The minimum Gasteiger partial charge on any atom is -0.251 e. The molecule has 0 saturated heterocycles. The first kappa shape index (κ1) is 26.6. The van der Waals surface area contributed by atoms with Crippen LogP contribution in [0.25, 0.3) is 0 Å². The normalized spacial score (nSPS) is 14.8. The molecule has 0 bridgehead atoms. The predicted molar refractivity (Wildman–Crippen MR) is 135 cm³/mol. The smallest absolute Gasteiger partial charge is 0.147 e. The first-order valence-electron chi connectivity index (χ1n) is 12.8.